The molecular formula is C20H30F3N3O2. The van der Waals surface area contributed by atoms with E-state index in [2.05, 4.69) is 40.2 Å². The highest BCUT2D eigenvalue weighted by molar-refractivity contribution is 5.46. The second-order valence-electron chi connectivity index (χ2n) is 7.03. The summed E-state index contributed by atoms with van der Waals surface area (Å²) in [6.45, 7) is 7.21. The molecule has 0 aliphatic carbocycles. The number of piperidine rings is 1. The number of hydrogen-bond donors (Lipinski definition) is 3. The molecule has 2 rings (SSSR count). The summed E-state index contributed by atoms with van der Waals surface area (Å²) in [7, 11) is 0. The van der Waals surface area contributed by atoms with Crippen molar-refractivity contribution in [3.05, 3.63) is 35.9 Å². The number of allylic oxidation sites excluding steroid dienone is 1. The lowest BCUT2D eigenvalue weighted by Gasteiger charge is -2.34. The summed E-state index contributed by atoms with van der Waals surface area (Å²) in [5.74, 6) is -0.295. The zero-order valence-electron chi connectivity index (χ0n) is 16.4. The predicted molar refractivity (Wildman–Crippen MR) is 104 cm³/mol. The molecule has 1 aromatic carbocycles. The maximum atomic E-state index is 12.2. The van der Waals surface area contributed by atoms with Crippen LogP contribution in [0.1, 0.15) is 39.5 Å². The number of alkyl halides is 3. The minimum absolute atomic E-state index is 0.187. The van der Waals surface area contributed by atoms with Gasteiger partial charge in [-0.3, -0.25) is 10.2 Å². The number of anilines is 1. The molecule has 1 atom stereocenters. The zero-order valence-corrected chi connectivity index (χ0v) is 16.4. The van der Waals surface area contributed by atoms with Crippen molar-refractivity contribution in [3.8, 4) is 5.75 Å². The van der Waals surface area contributed by atoms with Gasteiger partial charge in [0.05, 0.1) is 0 Å². The summed E-state index contributed by atoms with van der Waals surface area (Å²) in [4.78, 5) is 2.43. The van der Waals surface area contributed by atoms with Crippen LogP contribution >= 0.6 is 0 Å². The van der Waals surface area contributed by atoms with E-state index in [1.54, 1.807) is 0 Å². The molecule has 1 aliphatic rings. The maximum absolute atomic E-state index is 12.2. The number of halogens is 3. The lowest BCUT2D eigenvalue weighted by molar-refractivity contribution is -0.274. The standard InChI is InChI=1S/C20H30F3N3O2/c1-3-5-15(4-2)14-26-12-10-17(11-13-26)25-19(27)24-16-6-8-18(9-7-16)28-20(21,22)23/h4,6-9,17,19,24-25,27H,3,5,10-14H2,1-2H3. The van der Waals surface area contributed by atoms with E-state index in [1.807, 2.05) is 0 Å². The van der Waals surface area contributed by atoms with Crippen molar-refractivity contribution in [1.82, 2.24) is 10.2 Å². The van der Waals surface area contributed by atoms with Crippen LogP contribution in [0.15, 0.2) is 35.9 Å². The van der Waals surface area contributed by atoms with E-state index in [4.69, 9.17) is 0 Å². The molecule has 0 bridgehead atoms. The Hall–Kier alpha value is -1.77. The monoisotopic (exact) mass is 401 g/mol. The fourth-order valence-electron chi connectivity index (χ4n) is 3.36. The third-order valence-corrected chi connectivity index (χ3v) is 4.78. The van der Waals surface area contributed by atoms with Gasteiger partial charge in [0.1, 0.15) is 5.75 Å². The second-order valence-corrected chi connectivity index (χ2v) is 7.03. The van der Waals surface area contributed by atoms with Crippen LogP contribution in [0.3, 0.4) is 0 Å². The van der Waals surface area contributed by atoms with E-state index in [-0.39, 0.29) is 11.8 Å². The largest absolute Gasteiger partial charge is 0.573 e. The fourth-order valence-corrected chi connectivity index (χ4v) is 3.36. The van der Waals surface area contributed by atoms with Gasteiger partial charge in [-0.15, -0.1) is 13.2 Å². The van der Waals surface area contributed by atoms with Crippen LogP contribution in [0.4, 0.5) is 18.9 Å². The molecule has 1 aromatic rings. The number of ether oxygens (including phenoxy) is 1. The molecule has 1 aliphatic heterocycles. The van der Waals surface area contributed by atoms with Gasteiger partial charge in [0.25, 0.3) is 0 Å². The second kappa shape index (κ2) is 10.7. The van der Waals surface area contributed by atoms with Crippen molar-refractivity contribution in [1.29, 1.82) is 0 Å². The predicted octanol–water partition coefficient (Wildman–Crippen LogP) is 4.07. The van der Waals surface area contributed by atoms with E-state index >= 15 is 0 Å². The Morgan fingerprint density at radius 1 is 1.29 bits per heavy atom. The molecule has 0 spiro atoms. The van der Waals surface area contributed by atoms with Crippen LogP contribution < -0.4 is 15.4 Å². The zero-order chi connectivity index (χ0) is 20.6. The summed E-state index contributed by atoms with van der Waals surface area (Å²) in [6.07, 6.45) is 0.655. The van der Waals surface area contributed by atoms with Crippen LogP contribution in [0.25, 0.3) is 0 Å². The van der Waals surface area contributed by atoms with Crippen molar-refractivity contribution < 1.29 is 23.0 Å². The number of rotatable bonds is 9. The minimum atomic E-state index is -4.71. The number of benzene rings is 1. The third-order valence-electron chi connectivity index (χ3n) is 4.78. The van der Waals surface area contributed by atoms with Gasteiger partial charge in [0.2, 0.25) is 0 Å². The molecule has 1 heterocycles. The first-order valence-electron chi connectivity index (χ1n) is 9.72. The average molecular weight is 401 g/mol. The summed E-state index contributed by atoms with van der Waals surface area (Å²) >= 11 is 0. The fraction of sp³-hybridized carbons (Fsp3) is 0.600. The summed E-state index contributed by atoms with van der Waals surface area (Å²) in [6, 6.07) is 5.46. The van der Waals surface area contributed by atoms with Gasteiger partial charge >= 0.3 is 6.36 Å². The maximum Gasteiger partial charge on any atom is 0.573 e. The van der Waals surface area contributed by atoms with Gasteiger partial charge in [-0.2, -0.15) is 0 Å². The van der Waals surface area contributed by atoms with Crippen molar-refractivity contribution in [2.75, 3.05) is 25.0 Å². The number of nitrogens with zero attached hydrogens (tertiary/aromatic N) is 1. The minimum Gasteiger partial charge on any atom is -0.406 e. The number of likely N-dealkylation sites (tertiary alicyclic amines) is 1. The number of hydrogen-bond acceptors (Lipinski definition) is 5. The van der Waals surface area contributed by atoms with Gasteiger partial charge < -0.3 is 15.2 Å². The summed E-state index contributed by atoms with van der Waals surface area (Å²) < 4.78 is 40.4. The van der Waals surface area contributed by atoms with Gasteiger partial charge in [-0.1, -0.05) is 25.0 Å². The molecule has 1 saturated heterocycles. The Kier molecular flexibility index (Phi) is 8.59. The highest BCUT2D eigenvalue weighted by atomic mass is 19.4. The van der Waals surface area contributed by atoms with E-state index in [0.717, 1.165) is 45.3 Å². The molecule has 0 saturated carbocycles. The van der Waals surface area contributed by atoms with E-state index in [0.29, 0.717) is 5.69 Å². The Bertz CT molecular complexity index is 612. The van der Waals surface area contributed by atoms with E-state index in [1.165, 1.54) is 29.8 Å². The molecule has 3 N–H and O–H groups in total. The molecule has 0 radical (unpaired) electrons. The lowest BCUT2D eigenvalue weighted by Crippen LogP contribution is -2.48. The van der Waals surface area contributed by atoms with Crippen molar-refractivity contribution >= 4 is 5.69 Å². The topological polar surface area (TPSA) is 56.8 Å². The number of aliphatic hydroxyl groups is 1. The van der Waals surface area contributed by atoms with Crippen LogP contribution in [-0.4, -0.2) is 48.4 Å². The first kappa shape index (κ1) is 22.5. The van der Waals surface area contributed by atoms with Crippen molar-refractivity contribution in [2.24, 2.45) is 0 Å². The van der Waals surface area contributed by atoms with Gasteiger partial charge in [0, 0.05) is 18.3 Å². The molecule has 0 amide bonds. The van der Waals surface area contributed by atoms with Crippen molar-refractivity contribution in [2.45, 2.75) is 58.3 Å². The molecule has 158 valence electrons. The molecule has 1 fully saturated rings. The van der Waals surface area contributed by atoms with Gasteiger partial charge in [0.15, 0.2) is 6.35 Å². The molecule has 1 unspecified atom stereocenters. The molecule has 0 aromatic heterocycles. The SMILES string of the molecule is CC=C(CCC)CN1CCC(NC(O)Nc2ccc(OC(F)(F)F)cc2)CC1. The smallest absolute Gasteiger partial charge is 0.406 e. The third kappa shape index (κ3) is 8.08. The molecule has 8 heteroatoms. The Labute approximate surface area is 164 Å². The molecule has 28 heavy (non-hydrogen) atoms. The first-order valence-corrected chi connectivity index (χ1v) is 9.72. The molecular weight excluding hydrogens is 371 g/mol. The normalized spacial score (nSPS) is 18.1. The van der Waals surface area contributed by atoms with Crippen LogP contribution in [0, 0.1) is 0 Å². The Morgan fingerprint density at radius 2 is 1.93 bits per heavy atom. The molecule has 5 nitrogen and oxygen atoms in total. The quantitative estimate of drug-likeness (QED) is 0.430. The highest BCUT2D eigenvalue weighted by Crippen LogP contribution is 2.24. The summed E-state index contributed by atoms with van der Waals surface area (Å²) in [5.41, 5.74) is 1.97. The van der Waals surface area contributed by atoms with Gasteiger partial charge in [-0.25, -0.2) is 0 Å². The van der Waals surface area contributed by atoms with Crippen LogP contribution in [0.5, 0.6) is 5.75 Å². The van der Waals surface area contributed by atoms with Gasteiger partial charge in [-0.05, 0) is 63.5 Å². The Morgan fingerprint density at radius 3 is 2.46 bits per heavy atom. The summed E-state index contributed by atoms with van der Waals surface area (Å²) in [5, 5.41) is 16.1. The number of aliphatic hydroxyl groups excluding tert-OH is 1. The first-order chi connectivity index (χ1) is 13.3. The van der Waals surface area contributed by atoms with Crippen molar-refractivity contribution in [3.63, 3.8) is 0 Å². The number of nitrogens with one attached hydrogen (secondary N) is 2. The lowest BCUT2D eigenvalue weighted by atomic mass is 10.0. The van der Waals surface area contributed by atoms with Crippen LogP contribution in [0.2, 0.25) is 0 Å². The van der Waals surface area contributed by atoms with E-state index < -0.39 is 12.7 Å². The Balaban J connectivity index is 1.73. The van der Waals surface area contributed by atoms with Crippen LogP contribution in [-0.2, 0) is 0 Å². The average Bonchev–Trinajstić information content (AvgIpc) is 2.63. The van der Waals surface area contributed by atoms with E-state index in [9.17, 15) is 18.3 Å². The highest BCUT2D eigenvalue weighted by Gasteiger charge is 2.31.